The maximum Gasteiger partial charge on any atom is 0.417 e. The van der Waals surface area contributed by atoms with Crippen molar-refractivity contribution >= 4 is 38.9 Å². The lowest BCUT2D eigenvalue weighted by molar-refractivity contribution is -0.138. The third kappa shape index (κ3) is 3.26. The molecule has 2 aromatic rings. The number of hydrogen-bond donors (Lipinski definition) is 1. The highest BCUT2D eigenvalue weighted by Crippen LogP contribution is 2.44. The molecule has 2 aliphatic heterocycles. The molecule has 1 aromatic carbocycles. The molecule has 2 bridgehead atoms. The summed E-state index contributed by atoms with van der Waals surface area (Å²) in [5.41, 5.74) is 0.101. The molecule has 1 aromatic heterocycles. The topological polar surface area (TPSA) is 28.2 Å². The number of nitrogens with zero attached hydrogens (tertiary/aromatic N) is 2. The number of hydrogen-bond acceptors (Lipinski definition) is 2. The van der Waals surface area contributed by atoms with Crippen LogP contribution in [0.15, 0.2) is 28.9 Å². The predicted molar refractivity (Wildman–Crippen MR) is 101 cm³/mol. The molecule has 0 spiro atoms. The first-order chi connectivity index (χ1) is 13.2. The second kappa shape index (κ2) is 6.91. The fourth-order valence-corrected chi connectivity index (χ4v) is 4.92. The Morgan fingerprint density at radius 3 is 2.71 bits per heavy atom. The van der Waals surface area contributed by atoms with Crippen molar-refractivity contribution in [1.29, 1.82) is 0 Å². The molecule has 28 heavy (non-hydrogen) atoms. The number of fused-ring (bicyclic) bond motifs is 4. The zero-order valence-corrected chi connectivity index (χ0v) is 16.6. The summed E-state index contributed by atoms with van der Waals surface area (Å²) in [7, 11) is 0. The molecule has 3 heterocycles. The van der Waals surface area contributed by atoms with E-state index in [4.69, 9.17) is 12.2 Å². The van der Waals surface area contributed by atoms with Crippen LogP contribution in [0.3, 0.4) is 0 Å². The van der Waals surface area contributed by atoms with Gasteiger partial charge >= 0.3 is 6.18 Å². The highest BCUT2D eigenvalue weighted by atomic mass is 79.9. The Morgan fingerprint density at radius 2 is 2.00 bits per heavy atom. The van der Waals surface area contributed by atoms with E-state index in [9.17, 15) is 22.0 Å². The fraction of sp³-hybridized carbons (Fsp3) is 0.333. The van der Waals surface area contributed by atoms with Gasteiger partial charge in [-0.05, 0) is 55.2 Å². The minimum absolute atomic E-state index is 0.0721. The van der Waals surface area contributed by atoms with Crippen LogP contribution >= 0.6 is 28.1 Å². The van der Waals surface area contributed by atoms with Gasteiger partial charge in [0.1, 0.15) is 5.82 Å². The number of thiocarbonyl (C=S) groups is 1. The molecular formula is C18H13BrF5N3S. The van der Waals surface area contributed by atoms with Crippen molar-refractivity contribution in [3.63, 3.8) is 0 Å². The van der Waals surface area contributed by atoms with Crippen LogP contribution in [0.2, 0.25) is 0 Å². The van der Waals surface area contributed by atoms with Crippen molar-refractivity contribution in [2.75, 3.05) is 5.32 Å². The highest BCUT2D eigenvalue weighted by molar-refractivity contribution is 9.10. The van der Waals surface area contributed by atoms with Crippen molar-refractivity contribution in [2.45, 2.75) is 37.5 Å². The monoisotopic (exact) mass is 477 g/mol. The van der Waals surface area contributed by atoms with E-state index in [1.54, 1.807) is 6.07 Å². The van der Waals surface area contributed by atoms with Crippen LogP contribution in [0, 0.1) is 11.8 Å². The third-order valence-corrected chi connectivity index (χ3v) is 6.15. The fourth-order valence-electron chi connectivity index (χ4n) is 3.97. The van der Waals surface area contributed by atoms with E-state index in [-0.39, 0.29) is 27.4 Å². The molecule has 2 aliphatic rings. The van der Waals surface area contributed by atoms with Gasteiger partial charge in [0.15, 0.2) is 5.11 Å². The number of benzene rings is 1. The van der Waals surface area contributed by atoms with Gasteiger partial charge in [-0.2, -0.15) is 17.6 Å². The molecule has 4 rings (SSSR count). The third-order valence-electron chi connectivity index (χ3n) is 5.18. The molecule has 3 nitrogen and oxygen atoms in total. The first-order valence-electron chi connectivity index (χ1n) is 8.45. The summed E-state index contributed by atoms with van der Waals surface area (Å²) in [6.45, 7) is 0. The number of alkyl halides is 3. The summed E-state index contributed by atoms with van der Waals surface area (Å²) < 4.78 is 66.7. The summed E-state index contributed by atoms with van der Waals surface area (Å²) in [6, 6.07) is 2.95. The summed E-state index contributed by atoms with van der Waals surface area (Å²) in [5, 5.41) is 2.92. The lowest BCUT2D eigenvalue weighted by Crippen LogP contribution is -2.44. The quantitative estimate of drug-likeness (QED) is 0.328. The number of aromatic nitrogens is 1. The van der Waals surface area contributed by atoms with E-state index in [0.717, 1.165) is 24.5 Å². The van der Waals surface area contributed by atoms with E-state index in [1.165, 1.54) is 6.20 Å². The molecule has 1 N–H and O–H groups in total. The van der Waals surface area contributed by atoms with Gasteiger partial charge in [-0.3, -0.25) is 0 Å². The average Bonchev–Trinajstić information content (AvgIpc) is 2.93. The van der Waals surface area contributed by atoms with E-state index in [2.05, 4.69) is 26.2 Å². The molecule has 1 fully saturated rings. The summed E-state index contributed by atoms with van der Waals surface area (Å²) >= 11 is 8.26. The van der Waals surface area contributed by atoms with Gasteiger partial charge in [-0.15, -0.1) is 0 Å². The van der Waals surface area contributed by atoms with Crippen molar-refractivity contribution in [1.82, 2.24) is 9.88 Å². The Morgan fingerprint density at radius 1 is 1.25 bits per heavy atom. The summed E-state index contributed by atoms with van der Waals surface area (Å²) in [6.07, 6.45) is -1.32. The Kier molecular flexibility index (Phi) is 4.81. The normalized spacial score (nSPS) is 20.9. The van der Waals surface area contributed by atoms with Crippen LogP contribution in [-0.2, 0) is 12.6 Å². The first-order valence-corrected chi connectivity index (χ1v) is 9.65. The SMILES string of the molecule is Fc1cc(C(F)(F)F)c(Br)cc1NC(=S)N1[C@@H]2CC[C@H]1c1ccnc(F)c1C2. The number of pyridine rings is 1. The first kappa shape index (κ1) is 19.5. The predicted octanol–water partition coefficient (Wildman–Crippen LogP) is 5.60. The summed E-state index contributed by atoms with van der Waals surface area (Å²) in [4.78, 5) is 5.57. The second-order valence-corrected chi connectivity index (χ2v) is 8.01. The average molecular weight is 478 g/mol. The van der Waals surface area contributed by atoms with Crippen LogP contribution in [0.4, 0.5) is 27.6 Å². The van der Waals surface area contributed by atoms with Crippen LogP contribution in [0.5, 0.6) is 0 Å². The van der Waals surface area contributed by atoms with Crippen LogP contribution in [0.25, 0.3) is 0 Å². The lowest BCUT2D eigenvalue weighted by atomic mass is 9.95. The van der Waals surface area contributed by atoms with E-state index >= 15 is 0 Å². The minimum Gasteiger partial charge on any atom is -0.339 e. The van der Waals surface area contributed by atoms with Gasteiger partial charge in [0.05, 0.1) is 17.3 Å². The molecule has 1 saturated heterocycles. The second-order valence-electron chi connectivity index (χ2n) is 6.77. The molecule has 2 atom stereocenters. The van der Waals surface area contributed by atoms with Crippen LogP contribution < -0.4 is 5.32 Å². The van der Waals surface area contributed by atoms with E-state index < -0.39 is 23.5 Å². The number of halogens is 6. The van der Waals surface area contributed by atoms with Crippen molar-refractivity contribution in [2.24, 2.45) is 0 Å². The highest BCUT2D eigenvalue weighted by Gasteiger charge is 2.42. The van der Waals surface area contributed by atoms with E-state index in [0.29, 0.717) is 18.1 Å². The number of nitrogens with one attached hydrogen (secondary N) is 1. The number of rotatable bonds is 1. The van der Waals surface area contributed by atoms with Gasteiger partial charge < -0.3 is 10.2 Å². The molecule has 0 saturated carbocycles. The van der Waals surface area contributed by atoms with Gasteiger partial charge in [-0.25, -0.2) is 9.37 Å². The largest absolute Gasteiger partial charge is 0.417 e. The van der Waals surface area contributed by atoms with Crippen molar-refractivity contribution in [3.8, 4) is 0 Å². The maximum absolute atomic E-state index is 14.3. The lowest BCUT2D eigenvalue weighted by Gasteiger charge is -2.38. The molecular weight excluding hydrogens is 465 g/mol. The Balaban J connectivity index is 1.61. The van der Waals surface area contributed by atoms with Crippen molar-refractivity contribution in [3.05, 3.63) is 57.3 Å². The van der Waals surface area contributed by atoms with Gasteiger partial charge in [0, 0.05) is 22.3 Å². The van der Waals surface area contributed by atoms with Gasteiger partial charge in [0.2, 0.25) is 5.95 Å². The van der Waals surface area contributed by atoms with Gasteiger partial charge in [0.25, 0.3) is 0 Å². The Hall–Kier alpha value is -1.81. The maximum atomic E-state index is 14.3. The van der Waals surface area contributed by atoms with Gasteiger partial charge in [-0.1, -0.05) is 15.9 Å². The summed E-state index contributed by atoms with van der Waals surface area (Å²) in [5.74, 6) is -1.55. The standard InChI is InChI=1S/C18H13BrF5N3S/c19-12-7-14(13(20)6-11(12)18(22,23)24)26-17(28)27-8-1-2-15(27)9-3-4-25-16(21)10(9)5-8/h3-4,6-8,15H,1-2,5H2,(H,26,28)/t8-,15+/m1/s1. The minimum atomic E-state index is -4.67. The molecule has 10 heteroatoms. The molecule has 148 valence electrons. The Bertz CT molecular complexity index is 965. The molecule has 0 aliphatic carbocycles. The Labute approximate surface area is 171 Å². The van der Waals surface area contributed by atoms with Crippen molar-refractivity contribution < 1.29 is 22.0 Å². The van der Waals surface area contributed by atoms with E-state index in [1.807, 2.05) is 4.90 Å². The van der Waals surface area contributed by atoms with Crippen LogP contribution in [0.1, 0.15) is 35.6 Å². The zero-order valence-electron chi connectivity index (χ0n) is 14.2. The zero-order chi connectivity index (χ0) is 20.2. The molecule has 0 radical (unpaired) electrons. The molecule has 0 unspecified atom stereocenters. The smallest absolute Gasteiger partial charge is 0.339 e. The molecule has 0 amide bonds. The van der Waals surface area contributed by atoms with Crippen LogP contribution in [-0.4, -0.2) is 21.0 Å². The number of anilines is 1.